The monoisotopic (exact) mass is 374 g/mol. The minimum atomic E-state index is -0.863. The van der Waals surface area contributed by atoms with E-state index in [9.17, 15) is 14.4 Å². The fourth-order valence-electron chi connectivity index (χ4n) is 2.51. The standard InChI is InChI=1S/C19H22N2O4S/c1-11(19(24)26-10-17(18(20)23)21-12(2)22)13-4-5-15-9-16(25-3)7-6-14(15)8-13/h4-9,11,17H,10H2,1-3H3,(H2,20,23)(H,21,22)/t11?,17-/m0/s1. The Bertz CT molecular complexity index is 837. The van der Waals surface area contributed by atoms with Gasteiger partial charge in [-0.15, -0.1) is 0 Å². The van der Waals surface area contributed by atoms with Gasteiger partial charge in [-0.3, -0.25) is 14.4 Å². The fourth-order valence-corrected chi connectivity index (χ4v) is 3.47. The lowest BCUT2D eigenvalue weighted by molar-refractivity contribution is -0.125. The molecular formula is C19H22N2O4S. The largest absolute Gasteiger partial charge is 0.497 e. The van der Waals surface area contributed by atoms with Gasteiger partial charge in [-0.1, -0.05) is 43.0 Å². The molecule has 26 heavy (non-hydrogen) atoms. The first-order valence-corrected chi connectivity index (χ1v) is 9.11. The molecule has 0 fully saturated rings. The van der Waals surface area contributed by atoms with Gasteiger partial charge in [-0.25, -0.2) is 0 Å². The average molecular weight is 374 g/mol. The van der Waals surface area contributed by atoms with Gasteiger partial charge in [-0.05, 0) is 28.5 Å². The molecule has 0 saturated carbocycles. The molecule has 0 aliphatic heterocycles. The Morgan fingerprint density at radius 1 is 1.15 bits per heavy atom. The smallest absolute Gasteiger partial charge is 0.240 e. The molecule has 0 aliphatic carbocycles. The highest BCUT2D eigenvalue weighted by Crippen LogP contribution is 2.28. The van der Waals surface area contributed by atoms with Crippen molar-refractivity contribution in [2.75, 3.05) is 12.9 Å². The Kier molecular flexibility index (Phi) is 6.63. The van der Waals surface area contributed by atoms with Gasteiger partial charge >= 0.3 is 0 Å². The Balaban J connectivity index is 2.08. The van der Waals surface area contributed by atoms with Crippen molar-refractivity contribution < 1.29 is 19.1 Å². The van der Waals surface area contributed by atoms with Crippen LogP contribution >= 0.6 is 11.8 Å². The van der Waals surface area contributed by atoms with E-state index in [0.29, 0.717) is 0 Å². The summed E-state index contributed by atoms with van der Waals surface area (Å²) >= 11 is 0.995. The second-order valence-corrected chi connectivity index (χ2v) is 7.00. The molecule has 0 spiro atoms. The number of benzene rings is 2. The van der Waals surface area contributed by atoms with E-state index in [4.69, 9.17) is 10.5 Å². The fraction of sp³-hybridized carbons (Fsp3) is 0.316. The number of amides is 2. The van der Waals surface area contributed by atoms with Gasteiger partial charge in [0, 0.05) is 12.7 Å². The molecule has 3 N–H and O–H groups in total. The van der Waals surface area contributed by atoms with E-state index < -0.39 is 11.9 Å². The normalized spacial score (nSPS) is 13.0. The lowest BCUT2D eigenvalue weighted by atomic mass is 9.99. The molecule has 0 saturated heterocycles. The average Bonchev–Trinajstić information content (AvgIpc) is 2.62. The van der Waals surface area contributed by atoms with Crippen LogP contribution in [-0.4, -0.2) is 35.8 Å². The van der Waals surface area contributed by atoms with Crippen molar-refractivity contribution in [3.05, 3.63) is 42.0 Å². The van der Waals surface area contributed by atoms with Gasteiger partial charge in [0.1, 0.15) is 11.8 Å². The number of primary amides is 1. The third-order valence-corrected chi connectivity index (χ3v) is 5.18. The number of carbonyl (C=O) groups is 3. The summed E-state index contributed by atoms with van der Waals surface area (Å²) in [5, 5.41) is 4.40. The number of carbonyl (C=O) groups excluding carboxylic acids is 3. The first kappa shape index (κ1) is 19.8. The van der Waals surface area contributed by atoms with Crippen LogP contribution in [0.1, 0.15) is 25.3 Å². The summed E-state index contributed by atoms with van der Waals surface area (Å²) in [6, 6.07) is 10.7. The van der Waals surface area contributed by atoms with Crippen LogP contribution in [0, 0.1) is 0 Å². The summed E-state index contributed by atoms with van der Waals surface area (Å²) in [6.07, 6.45) is 0. The third kappa shape index (κ3) is 4.98. The maximum absolute atomic E-state index is 12.5. The molecule has 7 heteroatoms. The second-order valence-electron chi connectivity index (χ2n) is 5.98. The highest BCUT2D eigenvalue weighted by molar-refractivity contribution is 8.13. The Morgan fingerprint density at radius 2 is 1.81 bits per heavy atom. The second kappa shape index (κ2) is 8.71. The van der Waals surface area contributed by atoms with Crippen molar-refractivity contribution in [2.45, 2.75) is 25.8 Å². The first-order chi connectivity index (χ1) is 12.3. The number of fused-ring (bicyclic) bond motifs is 1. The molecule has 0 radical (unpaired) electrons. The SMILES string of the molecule is COc1ccc2cc(C(C)C(=O)SC[C@H](NC(C)=O)C(N)=O)ccc2c1. The summed E-state index contributed by atoms with van der Waals surface area (Å²) in [6.45, 7) is 3.12. The predicted molar refractivity (Wildman–Crippen MR) is 103 cm³/mol. The summed E-state index contributed by atoms with van der Waals surface area (Å²) in [5.41, 5.74) is 6.14. The topological polar surface area (TPSA) is 98.5 Å². The van der Waals surface area contributed by atoms with E-state index in [0.717, 1.165) is 33.8 Å². The molecule has 1 unspecified atom stereocenters. The van der Waals surface area contributed by atoms with E-state index in [2.05, 4.69) is 5.32 Å². The Hall–Kier alpha value is -2.54. The lowest BCUT2D eigenvalue weighted by Gasteiger charge is -2.16. The van der Waals surface area contributed by atoms with Crippen molar-refractivity contribution >= 4 is 39.5 Å². The third-order valence-electron chi connectivity index (χ3n) is 4.04. The number of nitrogens with two attached hydrogens (primary N) is 1. The zero-order valence-corrected chi connectivity index (χ0v) is 15.8. The van der Waals surface area contributed by atoms with E-state index in [1.165, 1.54) is 6.92 Å². The number of thioether (sulfide) groups is 1. The van der Waals surface area contributed by atoms with Crippen LogP contribution in [0.15, 0.2) is 36.4 Å². The van der Waals surface area contributed by atoms with Crippen LogP contribution in [-0.2, 0) is 14.4 Å². The molecule has 2 aromatic carbocycles. The van der Waals surface area contributed by atoms with Crippen molar-refractivity contribution in [1.29, 1.82) is 0 Å². The van der Waals surface area contributed by atoms with Gasteiger partial charge in [0.2, 0.25) is 11.8 Å². The van der Waals surface area contributed by atoms with Gasteiger partial charge < -0.3 is 15.8 Å². The minimum absolute atomic E-state index is 0.0885. The van der Waals surface area contributed by atoms with Crippen LogP contribution < -0.4 is 15.8 Å². The molecular weight excluding hydrogens is 352 g/mol. The summed E-state index contributed by atoms with van der Waals surface area (Å²) in [5.74, 6) is -0.478. The van der Waals surface area contributed by atoms with Crippen LogP contribution in [0.5, 0.6) is 5.75 Å². The van der Waals surface area contributed by atoms with Gasteiger partial charge in [0.25, 0.3) is 0 Å². The zero-order chi connectivity index (χ0) is 19.3. The van der Waals surface area contributed by atoms with Crippen LogP contribution in [0.25, 0.3) is 10.8 Å². The molecule has 0 heterocycles. The van der Waals surface area contributed by atoms with Crippen molar-refractivity contribution in [2.24, 2.45) is 5.73 Å². The maximum Gasteiger partial charge on any atom is 0.240 e. The van der Waals surface area contributed by atoms with E-state index in [1.807, 2.05) is 43.3 Å². The number of hydrogen-bond donors (Lipinski definition) is 2. The van der Waals surface area contributed by atoms with Crippen molar-refractivity contribution in [3.8, 4) is 5.75 Å². The minimum Gasteiger partial charge on any atom is -0.497 e. The Labute approximate surface area is 156 Å². The molecule has 0 aromatic heterocycles. The van der Waals surface area contributed by atoms with Gasteiger partial charge in [0.15, 0.2) is 5.12 Å². The molecule has 2 amide bonds. The molecule has 138 valence electrons. The predicted octanol–water partition coefficient (Wildman–Crippen LogP) is 2.20. The lowest BCUT2D eigenvalue weighted by Crippen LogP contribution is -2.45. The summed E-state index contributed by atoms with van der Waals surface area (Å²) < 4.78 is 5.21. The number of ether oxygens (including phenoxy) is 1. The van der Waals surface area contributed by atoms with Crippen LogP contribution in [0.2, 0.25) is 0 Å². The van der Waals surface area contributed by atoms with Crippen LogP contribution in [0.3, 0.4) is 0 Å². The van der Waals surface area contributed by atoms with Crippen LogP contribution in [0.4, 0.5) is 0 Å². The number of hydrogen-bond acceptors (Lipinski definition) is 5. The molecule has 0 aliphatic rings. The van der Waals surface area contributed by atoms with Gasteiger partial charge in [-0.2, -0.15) is 0 Å². The number of methoxy groups -OCH3 is 1. The molecule has 6 nitrogen and oxygen atoms in total. The quantitative estimate of drug-likeness (QED) is 0.774. The maximum atomic E-state index is 12.5. The zero-order valence-electron chi connectivity index (χ0n) is 14.9. The molecule has 2 rings (SSSR count). The number of nitrogens with one attached hydrogen (secondary N) is 1. The molecule has 2 atom stereocenters. The van der Waals surface area contributed by atoms with E-state index >= 15 is 0 Å². The van der Waals surface area contributed by atoms with E-state index in [1.54, 1.807) is 7.11 Å². The highest BCUT2D eigenvalue weighted by Gasteiger charge is 2.22. The number of rotatable bonds is 7. The summed E-state index contributed by atoms with van der Waals surface area (Å²) in [7, 11) is 1.62. The van der Waals surface area contributed by atoms with Crippen molar-refractivity contribution in [1.82, 2.24) is 5.32 Å². The summed E-state index contributed by atoms with van der Waals surface area (Å²) in [4.78, 5) is 34.9. The van der Waals surface area contributed by atoms with Crippen molar-refractivity contribution in [3.63, 3.8) is 0 Å². The Morgan fingerprint density at radius 3 is 2.42 bits per heavy atom. The highest BCUT2D eigenvalue weighted by atomic mass is 32.2. The first-order valence-electron chi connectivity index (χ1n) is 8.12. The molecule has 2 aromatic rings. The van der Waals surface area contributed by atoms with Gasteiger partial charge in [0.05, 0.1) is 13.0 Å². The van der Waals surface area contributed by atoms with E-state index in [-0.39, 0.29) is 22.7 Å². The molecule has 0 bridgehead atoms.